The minimum atomic E-state index is -1.07. The van der Waals surface area contributed by atoms with Gasteiger partial charge in [-0.3, -0.25) is 4.79 Å². The van der Waals surface area contributed by atoms with Gasteiger partial charge in [0.15, 0.2) is 6.10 Å². The predicted octanol–water partition coefficient (Wildman–Crippen LogP) is 6.35. The maximum Gasteiger partial charge on any atom is 0.326 e. The number of carbonyl (C=O) groups excluding carboxylic acids is 1. The second kappa shape index (κ2) is 11.2. The van der Waals surface area contributed by atoms with E-state index in [1.54, 1.807) is 6.07 Å². The van der Waals surface area contributed by atoms with E-state index >= 15 is 0 Å². The molecule has 1 heterocycles. The number of rotatable bonds is 8. The number of ether oxygens (including phenoxy) is 2. The highest BCUT2D eigenvalue weighted by Gasteiger charge is 2.42. The average molecular weight is 534 g/mol. The van der Waals surface area contributed by atoms with Crippen LogP contribution in [-0.4, -0.2) is 33.5 Å². The molecule has 0 saturated heterocycles. The first-order valence-corrected chi connectivity index (χ1v) is 13.5. The fourth-order valence-corrected chi connectivity index (χ4v) is 5.74. The van der Waals surface area contributed by atoms with Crippen LogP contribution in [0.25, 0.3) is 0 Å². The van der Waals surface area contributed by atoms with Crippen molar-refractivity contribution >= 4 is 23.5 Å². The molecule has 0 unspecified atom stereocenters. The van der Waals surface area contributed by atoms with E-state index in [2.05, 4.69) is 0 Å². The second-order valence-electron chi connectivity index (χ2n) is 10.4. The molecule has 2 atom stereocenters. The molecule has 1 saturated carbocycles. The topological polar surface area (TPSA) is 76.1 Å². The van der Waals surface area contributed by atoms with Crippen molar-refractivity contribution in [3.63, 3.8) is 0 Å². The quantitative estimate of drug-likeness (QED) is 0.365. The maximum absolute atomic E-state index is 14.1. The third-order valence-electron chi connectivity index (χ3n) is 7.61. The summed E-state index contributed by atoms with van der Waals surface area (Å²) in [7, 11) is 0. The van der Waals surface area contributed by atoms with E-state index in [-0.39, 0.29) is 18.9 Å². The Bertz CT molecular complexity index is 1290. The lowest BCUT2D eigenvalue weighted by Gasteiger charge is -2.39. The summed E-state index contributed by atoms with van der Waals surface area (Å²) in [4.78, 5) is 28.0. The van der Waals surface area contributed by atoms with Gasteiger partial charge in [0.25, 0.3) is 5.91 Å². The Morgan fingerprint density at radius 2 is 1.68 bits per heavy atom. The Labute approximate surface area is 228 Å². The predicted molar refractivity (Wildman–Crippen MR) is 145 cm³/mol. The molecule has 1 aliphatic heterocycles. The van der Waals surface area contributed by atoms with Gasteiger partial charge in [0.2, 0.25) is 0 Å². The third kappa shape index (κ3) is 5.57. The molecule has 3 aromatic rings. The summed E-state index contributed by atoms with van der Waals surface area (Å²) in [5.74, 6) is -0.943. The van der Waals surface area contributed by atoms with E-state index in [1.165, 1.54) is 4.90 Å². The zero-order valence-electron chi connectivity index (χ0n) is 21.4. The molecule has 1 fully saturated rings. The zero-order chi connectivity index (χ0) is 26.7. The van der Waals surface area contributed by atoms with Gasteiger partial charge >= 0.3 is 5.97 Å². The molecule has 0 spiro atoms. The SMILES string of the molecule is CC1(O[C@@H](C(=O)N2Cc3ccc(Cl)c(OCc4ccccc4)c3C[C@H]2C(=O)O)c2ccccc2)CCCC1. The molecule has 38 heavy (non-hydrogen) atoms. The molecule has 2 aliphatic rings. The Morgan fingerprint density at radius 3 is 2.34 bits per heavy atom. The van der Waals surface area contributed by atoms with Crippen LogP contribution in [0.3, 0.4) is 0 Å². The Balaban J connectivity index is 1.46. The van der Waals surface area contributed by atoms with Gasteiger partial charge in [0.1, 0.15) is 18.4 Å². The van der Waals surface area contributed by atoms with Crippen molar-refractivity contribution in [2.24, 2.45) is 0 Å². The van der Waals surface area contributed by atoms with Gasteiger partial charge in [-0.15, -0.1) is 0 Å². The molecule has 0 bridgehead atoms. The van der Waals surface area contributed by atoms with Crippen LogP contribution in [0, 0.1) is 0 Å². The van der Waals surface area contributed by atoms with Crippen LogP contribution in [-0.2, 0) is 33.9 Å². The number of hydrogen-bond donors (Lipinski definition) is 1. The number of carboxylic acid groups (broad SMARTS) is 1. The summed E-state index contributed by atoms with van der Waals surface area (Å²) in [5, 5.41) is 10.6. The highest BCUT2D eigenvalue weighted by Crippen LogP contribution is 2.41. The van der Waals surface area contributed by atoms with Gasteiger partial charge in [0.05, 0.1) is 10.6 Å². The highest BCUT2D eigenvalue weighted by molar-refractivity contribution is 6.32. The standard InChI is InChI=1S/C31H32ClNO5/c1-31(16-8-9-17-31)38-27(22-12-6-3-7-13-22)29(34)33-19-23-14-15-25(32)28(24(23)18-26(33)30(35)36)37-20-21-10-4-2-5-11-21/h2-7,10-15,26-27H,8-9,16-20H2,1H3,(H,35,36)/t26-,27+/m0/s1. The van der Waals surface area contributed by atoms with Crippen LogP contribution in [0.5, 0.6) is 5.75 Å². The summed E-state index contributed by atoms with van der Waals surface area (Å²) in [6.45, 7) is 2.48. The summed E-state index contributed by atoms with van der Waals surface area (Å²) in [6.07, 6.45) is 3.05. The molecule has 198 valence electrons. The second-order valence-corrected chi connectivity index (χ2v) is 10.8. The van der Waals surface area contributed by atoms with Crippen molar-refractivity contribution in [2.75, 3.05) is 0 Å². The lowest BCUT2D eigenvalue weighted by Crippen LogP contribution is -2.51. The van der Waals surface area contributed by atoms with E-state index in [4.69, 9.17) is 21.1 Å². The molecule has 0 radical (unpaired) electrons. The number of amides is 1. The van der Waals surface area contributed by atoms with Gasteiger partial charge in [-0.2, -0.15) is 0 Å². The van der Waals surface area contributed by atoms with Gasteiger partial charge in [0, 0.05) is 18.5 Å². The fourth-order valence-electron chi connectivity index (χ4n) is 5.51. The van der Waals surface area contributed by atoms with Crippen LogP contribution in [0.4, 0.5) is 0 Å². The molecular weight excluding hydrogens is 502 g/mol. The van der Waals surface area contributed by atoms with Crippen molar-refractivity contribution < 1.29 is 24.2 Å². The first-order chi connectivity index (χ1) is 18.3. The van der Waals surface area contributed by atoms with Crippen LogP contribution in [0.15, 0.2) is 72.8 Å². The normalized spacial score (nSPS) is 19.0. The number of fused-ring (bicyclic) bond motifs is 1. The number of halogens is 1. The molecule has 1 N–H and O–H groups in total. The monoisotopic (exact) mass is 533 g/mol. The molecule has 0 aromatic heterocycles. The third-order valence-corrected chi connectivity index (χ3v) is 7.91. The van der Waals surface area contributed by atoms with Gasteiger partial charge < -0.3 is 19.5 Å². The maximum atomic E-state index is 14.1. The van der Waals surface area contributed by atoms with E-state index < -0.39 is 23.7 Å². The Hall–Kier alpha value is -3.35. The van der Waals surface area contributed by atoms with Crippen molar-refractivity contribution in [2.45, 2.75) is 69.9 Å². The van der Waals surface area contributed by atoms with Crippen molar-refractivity contribution in [3.05, 3.63) is 100 Å². The summed E-state index contributed by atoms with van der Waals surface area (Å²) in [5.41, 5.74) is 2.83. The van der Waals surface area contributed by atoms with Gasteiger partial charge in [-0.1, -0.05) is 91.2 Å². The lowest BCUT2D eigenvalue weighted by atomic mass is 9.91. The zero-order valence-corrected chi connectivity index (χ0v) is 22.2. The molecule has 1 amide bonds. The van der Waals surface area contributed by atoms with Crippen LogP contribution >= 0.6 is 11.6 Å². The molecule has 5 rings (SSSR count). The molecule has 1 aliphatic carbocycles. The van der Waals surface area contributed by atoms with Gasteiger partial charge in [-0.05, 0) is 42.5 Å². The number of nitrogens with zero attached hydrogens (tertiary/aromatic N) is 1. The summed E-state index contributed by atoms with van der Waals surface area (Å²) >= 11 is 6.52. The van der Waals surface area contributed by atoms with Crippen molar-refractivity contribution in [3.8, 4) is 5.75 Å². The van der Waals surface area contributed by atoms with Crippen molar-refractivity contribution in [1.29, 1.82) is 0 Å². The van der Waals surface area contributed by atoms with Gasteiger partial charge in [-0.25, -0.2) is 4.79 Å². The lowest BCUT2D eigenvalue weighted by molar-refractivity contribution is -0.166. The fraction of sp³-hybridized carbons (Fsp3) is 0.355. The molecule has 3 aromatic carbocycles. The van der Waals surface area contributed by atoms with Crippen LogP contribution in [0.1, 0.15) is 61.0 Å². The number of carboxylic acids is 1. The van der Waals surface area contributed by atoms with E-state index in [9.17, 15) is 14.7 Å². The summed E-state index contributed by atoms with van der Waals surface area (Å²) < 4.78 is 12.6. The molecular formula is C31H32ClNO5. The van der Waals surface area contributed by atoms with E-state index in [1.807, 2.05) is 73.7 Å². The van der Waals surface area contributed by atoms with E-state index in [0.717, 1.165) is 47.9 Å². The minimum absolute atomic E-state index is 0.0971. The molecule has 6 nitrogen and oxygen atoms in total. The van der Waals surface area contributed by atoms with Crippen molar-refractivity contribution in [1.82, 2.24) is 4.90 Å². The first kappa shape index (κ1) is 26.3. The average Bonchev–Trinajstić information content (AvgIpc) is 3.37. The number of benzene rings is 3. The first-order valence-electron chi connectivity index (χ1n) is 13.1. The Morgan fingerprint density at radius 1 is 1.03 bits per heavy atom. The summed E-state index contributed by atoms with van der Waals surface area (Å²) in [6, 6.07) is 21.6. The minimum Gasteiger partial charge on any atom is -0.487 e. The van der Waals surface area contributed by atoms with Crippen LogP contribution in [0.2, 0.25) is 5.02 Å². The highest BCUT2D eigenvalue weighted by atomic mass is 35.5. The number of aliphatic carboxylic acids is 1. The van der Waals surface area contributed by atoms with Crippen LogP contribution < -0.4 is 4.74 Å². The number of carbonyl (C=O) groups is 2. The smallest absolute Gasteiger partial charge is 0.326 e. The Kier molecular flexibility index (Phi) is 7.73. The number of hydrogen-bond acceptors (Lipinski definition) is 4. The largest absolute Gasteiger partial charge is 0.487 e. The molecule has 7 heteroatoms. The van der Waals surface area contributed by atoms with E-state index in [0.29, 0.717) is 17.4 Å².